The Labute approximate surface area is 159 Å². The summed E-state index contributed by atoms with van der Waals surface area (Å²) < 4.78 is 11.6. The topological polar surface area (TPSA) is 35.5 Å². The van der Waals surface area contributed by atoms with Gasteiger partial charge < -0.3 is 9.39 Å². The highest BCUT2D eigenvalue weighted by Crippen LogP contribution is 2.47. The molecule has 1 aromatic rings. The summed E-state index contributed by atoms with van der Waals surface area (Å²) in [5, 5.41) is 0. The van der Waals surface area contributed by atoms with Crippen LogP contribution in [0.3, 0.4) is 0 Å². The van der Waals surface area contributed by atoms with Crippen LogP contribution in [0.25, 0.3) is 0 Å². The predicted octanol–water partition coefficient (Wildman–Crippen LogP) is 4.09. The second kappa shape index (κ2) is 6.80. The molecule has 0 bridgehead atoms. The lowest BCUT2D eigenvalue weighted by atomic mass is 9.70. The standard InChI is InChI=1S/C22H32BO3/c1-20(2,3)21(4,5)26-23-16-8-7-15-14-22(19(24)18(15)13-16)11-9-17(25-6)10-12-22/h7-8,13,17H,9-12,14H2,1-6H3. The van der Waals surface area contributed by atoms with Gasteiger partial charge >= 0.3 is 7.48 Å². The van der Waals surface area contributed by atoms with Crippen molar-refractivity contribution in [1.82, 2.24) is 0 Å². The monoisotopic (exact) mass is 355 g/mol. The average molecular weight is 355 g/mol. The molecule has 0 heterocycles. The van der Waals surface area contributed by atoms with E-state index in [1.807, 2.05) is 13.5 Å². The molecule has 3 nitrogen and oxygen atoms in total. The van der Waals surface area contributed by atoms with Crippen molar-refractivity contribution in [3.05, 3.63) is 29.3 Å². The summed E-state index contributed by atoms with van der Waals surface area (Å²) in [6.45, 7) is 10.7. The number of hydrogen-bond acceptors (Lipinski definition) is 3. The number of hydrogen-bond donors (Lipinski definition) is 0. The van der Waals surface area contributed by atoms with Gasteiger partial charge in [-0.05, 0) is 56.9 Å². The first kappa shape index (κ1) is 19.6. The lowest BCUT2D eigenvalue weighted by Crippen LogP contribution is -2.42. The largest absolute Gasteiger partial charge is 0.429 e. The number of ether oxygens (including phenoxy) is 1. The number of benzene rings is 1. The van der Waals surface area contributed by atoms with E-state index in [-0.39, 0.29) is 16.4 Å². The van der Waals surface area contributed by atoms with Crippen LogP contribution in [-0.2, 0) is 15.8 Å². The van der Waals surface area contributed by atoms with E-state index in [0.717, 1.165) is 43.1 Å². The summed E-state index contributed by atoms with van der Waals surface area (Å²) in [6.07, 6.45) is 5.04. The normalized spacial score (nSPS) is 26.2. The molecule has 0 amide bonds. The summed E-state index contributed by atoms with van der Waals surface area (Å²) >= 11 is 0. The lowest BCUT2D eigenvalue weighted by Gasteiger charge is -2.39. The van der Waals surface area contributed by atoms with Crippen LogP contribution >= 0.6 is 0 Å². The molecule has 4 heteroatoms. The third kappa shape index (κ3) is 3.51. The molecular weight excluding hydrogens is 323 g/mol. The van der Waals surface area contributed by atoms with Crippen molar-refractivity contribution >= 4 is 18.7 Å². The first-order valence-electron chi connectivity index (χ1n) is 9.80. The zero-order chi connectivity index (χ0) is 19.2. The van der Waals surface area contributed by atoms with Crippen LogP contribution in [0.15, 0.2) is 18.2 Å². The van der Waals surface area contributed by atoms with Crippen LogP contribution in [0.4, 0.5) is 0 Å². The first-order chi connectivity index (χ1) is 12.1. The number of carbonyl (C=O) groups excluding carboxylic acids is 1. The fourth-order valence-electron chi connectivity index (χ4n) is 3.94. The number of fused-ring (bicyclic) bond motifs is 1. The molecule has 3 rings (SSSR count). The molecule has 2 aliphatic carbocycles. The Morgan fingerprint density at radius 3 is 2.35 bits per heavy atom. The molecule has 0 N–H and O–H groups in total. The third-order valence-corrected chi connectivity index (χ3v) is 6.91. The Morgan fingerprint density at radius 1 is 1.12 bits per heavy atom. The van der Waals surface area contributed by atoms with Crippen LogP contribution in [0.5, 0.6) is 0 Å². The Kier molecular flexibility index (Phi) is 5.13. The summed E-state index contributed by atoms with van der Waals surface area (Å²) in [5.74, 6) is 0.326. The molecule has 1 saturated carbocycles. The molecule has 1 spiro atoms. The van der Waals surface area contributed by atoms with Gasteiger partial charge in [0.15, 0.2) is 5.78 Å². The quantitative estimate of drug-likeness (QED) is 0.764. The third-order valence-electron chi connectivity index (χ3n) is 6.91. The Morgan fingerprint density at radius 2 is 1.77 bits per heavy atom. The Hall–Kier alpha value is -1.13. The molecule has 0 aliphatic heterocycles. The van der Waals surface area contributed by atoms with Crippen molar-refractivity contribution in [2.75, 3.05) is 7.11 Å². The summed E-state index contributed by atoms with van der Waals surface area (Å²) in [5.41, 5.74) is 2.61. The van der Waals surface area contributed by atoms with Gasteiger partial charge in [0.05, 0.1) is 11.7 Å². The molecule has 0 unspecified atom stereocenters. The molecule has 26 heavy (non-hydrogen) atoms. The van der Waals surface area contributed by atoms with Gasteiger partial charge in [0.1, 0.15) is 0 Å². The second-order valence-corrected chi connectivity index (χ2v) is 9.63. The van der Waals surface area contributed by atoms with Crippen molar-refractivity contribution < 1.29 is 14.2 Å². The SMILES string of the molecule is COC1CCC2(CC1)Cc1ccc([B]OC(C)(C)C(C)(C)C)cc1C2=O. The molecule has 0 saturated heterocycles. The average Bonchev–Trinajstić information content (AvgIpc) is 2.85. The van der Waals surface area contributed by atoms with E-state index in [4.69, 9.17) is 9.39 Å². The van der Waals surface area contributed by atoms with Gasteiger partial charge in [-0.2, -0.15) is 0 Å². The summed E-state index contributed by atoms with van der Waals surface area (Å²) in [4.78, 5) is 13.2. The van der Waals surface area contributed by atoms with Crippen LogP contribution in [0.1, 0.15) is 76.2 Å². The van der Waals surface area contributed by atoms with Gasteiger partial charge in [0, 0.05) is 18.1 Å². The molecule has 1 fully saturated rings. The minimum absolute atomic E-state index is 0.0279. The zero-order valence-electron chi connectivity index (χ0n) is 17.1. The van der Waals surface area contributed by atoms with Crippen molar-refractivity contribution in [1.29, 1.82) is 0 Å². The van der Waals surface area contributed by atoms with E-state index in [1.54, 1.807) is 7.11 Å². The Bertz CT molecular complexity index is 679. The van der Waals surface area contributed by atoms with Crippen LogP contribution < -0.4 is 5.46 Å². The van der Waals surface area contributed by atoms with E-state index in [9.17, 15) is 4.79 Å². The number of methoxy groups -OCH3 is 1. The van der Waals surface area contributed by atoms with Gasteiger partial charge in [-0.1, -0.05) is 44.4 Å². The van der Waals surface area contributed by atoms with Crippen LogP contribution in [-0.4, -0.2) is 32.1 Å². The molecule has 1 aromatic carbocycles. The number of Topliss-reactive ketones (excluding diaryl/α,β-unsaturated/α-hetero) is 1. The highest BCUT2D eigenvalue weighted by Gasteiger charge is 2.47. The Balaban J connectivity index is 1.73. The predicted molar refractivity (Wildman–Crippen MR) is 106 cm³/mol. The summed E-state index contributed by atoms with van der Waals surface area (Å²) in [6, 6.07) is 6.21. The van der Waals surface area contributed by atoms with Crippen LogP contribution in [0.2, 0.25) is 0 Å². The first-order valence-corrected chi connectivity index (χ1v) is 9.80. The molecule has 2 aliphatic rings. The maximum Gasteiger partial charge on any atom is 0.330 e. The van der Waals surface area contributed by atoms with Crippen molar-refractivity contribution in [3.8, 4) is 0 Å². The number of carbonyl (C=O) groups is 1. The molecule has 0 atom stereocenters. The van der Waals surface area contributed by atoms with Crippen molar-refractivity contribution in [2.45, 2.75) is 78.4 Å². The van der Waals surface area contributed by atoms with Gasteiger partial charge in [-0.25, -0.2) is 0 Å². The zero-order valence-corrected chi connectivity index (χ0v) is 17.1. The van der Waals surface area contributed by atoms with Gasteiger partial charge in [0.2, 0.25) is 0 Å². The van der Waals surface area contributed by atoms with E-state index >= 15 is 0 Å². The van der Waals surface area contributed by atoms with Crippen molar-refractivity contribution in [2.24, 2.45) is 10.8 Å². The highest BCUT2D eigenvalue weighted by molar-refractivity contribution is 6.47. The van der Waals surface area contributed by atoms with Gasteiger partial charge in [0.25, 0.3) is 0 Å². The fraction of sp³-hybridized carbons (Fsp3) is 0.682. The molecular formula is C22H32BO3. The second-order valence-electron chi connectivity index (χ2n) is 9.63. The van der Waals surface area contributed by atoms with Gasteiger partial charge in [-0.15, -0.1) is 0 Å². The smallest absolute Gasteiger partial charge is 0.330 e. The maximum atomic E-state index is 13.2. The van der Waals surface area contributed by atoms with E-state index < -0.39 is 0 Å². The molecule has 141 valence electrons. The number of ketones is 1. The minimum Gasteiger partial charge on any atom is -0.429 e. The van der Waals surface area contributed by atoms with E-state index in [0.29, 0.717) is 11.9 Å². The van der Waals surface area contributed by atoms with E-state index in [2.05, 4.69) is 46.8 Å². The van der Waals surface area contributed by atoms with E-state index in [1.165, 1.54) is 5.56 Å². The fourth-order valence-corrected chi connectivity index (χ4v) is 3.94. The lowest BCUT2D eigenvalue weighted by molar-refractivity contribution is 0.00504. The maximum absolute atomic E-state index is 13.2. The van der Waals surface area contributed by atoms with Crippen molar-refractivity contribution in [3.63, 3.8) is 0 Å². The highest BCUT2D eigenvalue weighted by atomic mass is 16.5. The number of rotatable bonds is 4. The van der Waals surface area contributed by atoms with Gasteiger partial charge in [-0.3, -0.25) is 4.79 Å². The minimum atomic E-state index is -0.282. The molecule has 1 radical (unpaired) electrons. The molecule has 0 aromatic heterocycles. The summed E-state index contributed by atoms with van der Waals surface area (Å²) in [7, 11) is 3.58. The van der Waals surface area contributed by atoms with Crippen LogP contribution in [0, 0.1) is 10.8 Å².